The standard InChI is InChI=1S/C23H15BrN4O4/c24-15-8-6-14(7-9-15)20-19-21(27(25-20)17-4-2-1-3-5-17)23(30)26(22(19)29)16-10-12-18(13-11-16)28(31)32/h1-13,19,21H. The average Bonchev–Trinajstić information content (AvgIpc) is 3.32. The Kier molecular flexibility index (Phi) is 4.82. The Hall–Kier alpha value is -3.85. The van der Waals surface area contributed by atoms with Crippen LogP contribution in [0.15, 0.2) is 88.4 Å². The SMILES string of the molecule is O=C1C2C(c3ccc(Br)cc3)=NN(c3ccccc3)C2C(=O)N1c1ccc([N+](=O)[O-])cc1. The minimum Gasteiger partial charge on any atom is -0.273 e. The molecule has 3 aromatic rings. The molecule has 0 aliphatic carbocycles. The number of non-ortho nitro benzene ring substituents is 1. The lowest BCUT2D eigenvalue weighted by molar-refractivity contribution is -0.384. The van der Waals surface area contributed by atoms with Crippen LogP contribution in [-0.4, -0.2) is 28.5 Å². The van der Waals surface area contributed by atoms with Gasteiger partial charge in [0, 0.05) is 16.6 Å². The van der Waals surface area contributed by atoms with Crippen LogP contribution in [0.4, 0.5) is 17.1 Å². The third-order valence-corrected chi connectivity index (χ3v) is 6.06. The normalized spacial score (nSPS) is 19.8. The third kappa shape index (κ3) is 3.18. The zero-order valence-corrected chi connectivity index (χ0v) is 18.0. The van der Waals surface area contributed by atoms with Gasteiger partial charge < -0.3 is 0 Å². The van der Waals surface area contributed by atoms with Crippen molar-refractivity contribution in [3.8, 4) is 0 Å². The molecule has 2 heterocycles. The molecule has 3 aromatic carbocycles. The lowest BCUT2D eigenvalue weighted by atomic mass is 9.93. The van der Waals surface area contributed by atoms with Gasteiger partial charge in [-0.2, -0.15) is 5.10 Å². The Bertz CT molecular complexity index is 1260. The van der Waals surface area contributed by atoms with E-state index in [0.29, 0.717) is 17.1 Å². The van der Waals surface area contributed by atoms with E-state index in [2.05, 4.69) is 21.0 Å². The highest BCUT2D eigenvalue weighted by Gasteiger charge is 2.57. The minimum absolute atomic E-state index is 0.115. The fraction of sp³-hybridized carbons (Fsp3) is 0.0870. The molecule has 2 aliphatic rings. The highest BCUT2D eigenvalue weighted by atomic mass is 79.9. The number of amides is 2. The molecule has 2 unspecified atom stereocenters. The number of nitro groups is 1. The van der Waals surface area contributed by atoms with E-state index in [9.17, 15) is 19.7 Å². The molecule has 8 nitrogen and oxygen atoms in total. The molecule has 32 heavy (non-hydrogen) atoms. The molecule has 0 N–H and O–H groups in total. The summed E-state index contributed by atoms with van der Waals surface area (Å²) in [6.07, 6.45) is 0. The predicted molar refractivity (Wildman–Crippen MR) is 122 cm³/mol. The Morgan fingerprint density at radius 3 is 2.12 bits per heavy atom. The number of hydrogen-bond acceptors (Lipinski definition) is 6. The number of para-hydroxylation sites is 1. The van der Waals surface area contributed by atoms with Crippen LogP contribution < -0.4 is 9.91 Å². The van der Waals surface area contributed by atoms with Gasteiger partial charge in [-0.15, -0.1) is 0 Å². The van der Waals surface area contributed by atoms with E-state index in [1.54, 1.807) is 5.01 Å². The molecule has 0 aromatic heterocycles. The molecule has 0 bridgehead atoms. The van der Waals surface area contributed by atoms with Crippen LogP contribution in [0.5, 0.6) is 0 Å². The van der Waals surface area contributed by atoms with Gasteiger partial charge in [0.25, 0.3) is 11.6 Å². The Balaban J connectivity index is 1.59. The summed E-state index contributed by atoms with van der Waals surface area (Å²) in [6.45, 7) is 0. The van der Waals surface area contributed by atoms with Crippen molar-refractivity contribution >= 4 is 50.5 Å². The maximum absolute atomic E-state index is 13.5. The number of fused-ring (bicyclic) bond motifs is 1. The summed E-state index contributed by atoms with van der Waals surface area (Å²) < 4.78 is 0.887. The first-order chi connectivity index (χ1) is 15.5. The van der Waals surface area contributed by atoms with Crippen molar-refractivity contribution in [1.82, 2.24) is 0 Å². The molecule has 0 radical (unpaired) electrons. The van der Waals surface area contributed by atoms with Gasteiger partial charge in [0.1, 0.15) is 12.0 Å². The van der Waals surface area contributed by atoms with Crippen molar-refractivity contribution in [3.05, 3.63) is 99.0 Å². The summed E-state index contributed by atoms with van der Waals surface area (Å²) in [7, 11) is 0. The Labute approximate surface area is 191 Å². The Morgan fingerprint density at radius 1 is 0.844 bits per heavy atom. The molecule has 9 heteroatoms. The van der Waals surface area contributed by atoms with Crippen LogP contribution in [-0.2, 0) is 9.59 Å². The van der Waals surface area contributed by atoms with Crippen molar-refractivity contribution in [3.63, 3.8) is 0 Å². The minimum atomic E-state index is -0.835. The van der Waals surface area contributed by atoms with Crippen molar-refractivity contribution in [2.75, 3.05) is 9.91 Å². The quantitative estimate of drug-likeness (QED) is 0.311. The van der Waals surface area contributed by atoms with Crippen molar-refractivity contribution < 1.29 is 14.5 Å². The summed E-state index contributed by atoms with van der Waals surface area (Å²) >= 11 is 3.41. The monoisotopic (exact) mass is 490 g/mol. The van der Waals surface area contributed by atoms with Crippen LogP contribution in [0, 0.1) is 16.0 Å². The average molecular weight is 491 g/mol. The fourth-order valence-corrected chi connectivity index (χ4v) is 4.31. The number of hydrogen-bond donors (Lipinski definition) is 0. The molecule has 1 saturated heterocycles. The molecule has 158 valence electrons. The summed E-state index contributed by atoms with van der Waals surface area (Å²) in [5, 5.41) is 17.3. The van der Waals surface area contributed by atoms with Crippen LogP contribution in [0.3, 0.4) is 0 Å². The first-order valence-corrected chi connectivity index (χ1v) is 10.6. The van der Waals surface area contributed by atoms with Gasteiger partial charge in [0.05, 0.1) is 22.0 Å². The number of carbonyl (C=O) groups is 2. The number of benzene rings is 3. The third-order valence-electron chi connectivity index (χ3n) is 5.53. The molecular formula is C23H15BrN4O4. The number of nitrogens with zero attached hydrogens (tertiary/aromatic N) is 4. The summed E-state index contributed by atoms with van der Waals surface area (Å²) in [4.78, 5) is 38.5. The largest absolute Gasteiger partial charge is 0.273 e. The van der Waals surface area contributed by atoms with Crippen molar-refractivity contribution in [2.45, 2.75) is 6.04 Å². The van der Waals surface area contributed by atoms with Crippen LogP contribution in [0.1, 0.15) is 5.56 Å². The molecule has 2 atom stereocenters. The fourth-order valence-electron chi connectivity index (χ4n) is 4.05. The van der Waals surface area contributed by atoms with Gasteiger partial charge in [-0.05, 0) is 42.0 Å². The number of nitro benzene ring substituents is 1. The highest BCUT2D eigenvalue weighted by molar-refractivity contribution is 9.10. The highest BCUT2D eigenvalue weighted by Crippen LogP contribution is 2.39. The zero-order valence-electron chi connectivity index (χ0n) is 16.5. The first-order valence-electron chi connectivity index (χ1n) is 9.76. The van der Waals surface area contributed by atoms with Gasteiger partial charge in [-0.25, -0.2) is 4.90 Å². The summed E-state index contributed by atoms with van der Waals surface area (Å²) in [6, 6.07) is 21.2. The van der Waals surface area contributed by atoms with E-state index < -0.39 is 28.7 Å². The maximum atomic E-state index is 13.5. The molecule has 5 rings (SSSR count). The van der Waals surface area contributed by atoms with Crippen LogP contribution in [0.25, 0.3) is 0 Å². The summed E-state index contributed by atoms with van der Waals surface area (Å²) in [5.41, 5.74) is 2.13. The van der Waals surface area contributed by atoms with Gasteiger partial charge in [0.2, 0.25) is 5.91 Å². The zero-order chi connectivity index (χ0) is 22.4. The number of halogens is 1. The molecule has 2 amide bonds. The molecule has 1 fully saturated rings. The van der Waals surface area contributed by atoms with Crippen molar-refractivity contribution in [2.24, 2.45) is 11.0 Å². The molecule has 2 aliphatic heterocycles. The maximum Gasteiger partial charge on any atom is 0.269 e. The van der Waals surface area contributed by atoms with E-state index in [-0.39, 0.29) is 5.69 Å². The van der Waals surface area contributed by atoms with E-state index in [0.717, 1.165) is 14.9 Å². The second kappa shape index (κ2) is 7.69. The number of anilines is 2. The van der Waals surface area contributed by atoms with Gasteiger partial charge >= 0.3 is 0 Å². The summed E-state index contributed by atoms with van der Waals surface area (Å²) in [5.74, 6) is -1.62. The van der Waals surface area contributed by atoms with E-state index in [1.807, 2.05) is 54.6 Å². The second-order valence-electron chi connectivity index (χ2n) is 7.38. The molecule has 0 spiro atoms. The van der Waals surface area contributed by atoms with Crippen molar-refractivity contribution in [1.29, 1.82) is 0 Å². The number of rotatable bonds is 4. The van der Waals surface area contributed by atoms with Gasteiger partial charge in [-0.3, -0.25) is 24.7 Å². The second-order valence-corrected chi connectivity index (χ2v) is 8.30. The number of hydrazone groups is 1. The van der Waals surface area contributed by atoms with Crippen LogP contribution >= 0.6 is 15.9 Å². The number of imide groups is 1. The molecular weight excluding hydrogens is 476 g/mol. The Morgan fingerprint density at radius 2 is 1.50 bits per heavy atom. The van der Waals surface area contributed by atoms with Gasteiger partial charge in [-0.1, -0.05) is 46.3 Å². The lowest BCUT2D eigenvalue weighted by Crippen LogP contribution is -2.39. The van der Waals surface area contributed by atoms with Crippen LogP contribution in [0.2, 0.25) is 0 Å². The van der Waals surface area contributed by atoms with E-state index in [4.69, 9.17) is 0 Å². The first kappa shape index (κ1) is 20.1. The smallest absolute Gasteiger partial charge is 0.269 e. The lowest BCUT2D eigenvalue weighted by Gasteiger charge is -2.22. The topological polar surface area (TPSA) is 96.1 Å². The number of carbonyl (C=O) groups excluding carboxylic acids is 2. The predicted octanol–water partition coefficient (Wildman–Crippen LogP) is 4.14. The van der Waals surface area contributed by atoms with E-state index in [1.165, 1.54) is 24.3 Å². The molecule has 0 saturated carbocycles. The van der Waals surface area contributed by atoms with Gasteiger partial charge in [0.15, 0.2) is 0 Å². The van der Waals surface area contributed by atoms with E-state index >= 15 is 0 Å².